The number of rotatable bonds is 3. The Kier molecular flexibility index (Phi) is 5.13. The Balaban J connectivity index is 2.46. The predicted molar refractivity (Wildman–Crippen MR) is 80.1 cm³/mol. The van der Waals surface area contributed by atoms with E-state index in [-0.39, 0.29) is 11.4 Å². The van der Waals surface area contributed by atoms with Crippen LogP contribution in [0.1, 0.15) is 41.5 Å². The minimum Gasteiger partial charge on any atom is -0.340 e. The van der Waals surface area contributed by atoms with Crippen molar-refractivity contribution in [2.24, 2.45) is 0 Å². The number of hydrogen-bond donors (Lipinski definition) is 0. The van der Waals surface area contributed by atoms with Gasteiger partial charge in [0, 0.05) is 49.1 Å². The maximum absolute atomic E-state index is 11.4. The van der Waals surface area contributed by atoms with Gasteiger partial charge in [0.25, 0.3) is 0 Å². The van der Waals surface area contributed by atoms with Crippen LogP contribution in [0.25, 0.3) is 0 Å². The molecule has 0 unspecified atom stereocenters. The molecule has 0 spiro atoms. The van der Waals surface area contributed by atoms with Gasteiger partial charge in [0.1, 0.15) is 0 Å². The molecule has 0 saturated carbocycles. The van der Waals surface area contributed by atoms with E-state index in [1.807, 2.05) is 16.7 Å². The maximum atomic E-state index is 11.4. The minimum atomic E-state index is 0.0996. The maximum Gasteiger partial charge on any atom is 0.219 e. The number of carbonyl (C=O) groups excluding carboxylic acids is 1. The Morgan fingerprint density at radius 1 is 1.28 bits per heavy atom. The number of amides is 1. The van der Waals surface area contributed by atoms with Crippen molar-refractivity contribution in [2.45, 2.75) is 51.8 Å². The van der Waals surface area contributed by atoms with Gasteiger partial charge in [0.15, 0.2) is 0 Å². The summed E-state index contributed by atoms with van der Waals surface area (Å²) < 4.78 is 0.339. The van der Waals surface area contributed by atoms with E-state index in [0.717, 1.165) is 31.9 Å². The van der Waals surface area contributed by atoms with Crippen molar-refractivity contribution in [1.82, 2.24) is 9.80 Å². The lowest BCUT2D eigenvalue weighted by molar-refractivity contribution is -0.133. The van der Waals surface area contributed by atoms with Crippen molar-refractivity contribution in [3.8, 4) is 0 Å². The van der Waals surface area contributed by atoms with Crippen molar-refractivity contribution in [3.05, 3.63) is 0 Å². The van der Waals surface area contributed by atoms with Crippen LogP contribution in [0.4, 0.5) is 0 Å². The summed E-state index contributed by atoms with van der Waals surface area (Å²) in [5.74, 6) is 1.36. The van der Waals surface area contributed by atoms with Crippen LogP contribution in [0.5, 0.6) is 0 Å². The Morgan fingerprint density at radius 3 is 2.33 bits per heavy atom. The zero-order valence-electron chi connectivity index (χ0n) is 12.7. The second kappa shape index (κ2) is 5.83. The molecular weight excluding hydrogens is 244 g/mol. The summed E-state index contributed by atoms with van der Waals surface area (Å²) in [6.45, 7) is 16.8. The molecule has 1 aliphatic rings. The van der Waals surface area contributed by atoms with Gasteiger partial charge in [-0.2, -0.15) is 11.8 Å². The summed E-state index contributed by atoms with van der Waals surface area (Å²) in [6.07, 6.45) is 0. The molecule has 1 amide bonds. The van der Waals surface area contributed by atoms with Crippen LogP contribution in [0, 0.1) is 0 Å². The first-order valence-electron chi connectivity index (χ1n) is 6.76. The van der Waals surface area contributed by atoms with Crippen LogP contribution in [0.2, 0.25) is 0 Å². The van der Waals surface area contributed by atoms with Gasteiger partial charge in [0.2, 0.25) is 5.91 Å². The van der Waals surface area contributed by atoms with Crippen molar-refractivity contribution >= 4 is 17.7 Å². The highest BCUT2D eigenvalue weighted by Gasteiger charge is 2.34. The Morgan fingerprint density at radius 2 is 1.89 bits per heavy atom. The van der Waals surface area contributed by atoms with E-state index < -0.39 is 0 Å². The molecule has 0 aromatic heterocycles. The number of hydrogen-bond acceptors (Lipinski definition) is 3. The van der Waals surface area contributed by atoms with Gasteiger partial charge < -0.3 is 4.90 Å². The van der Waals surface area contributed by atoms with Gasteiger partial charge in [-0.1, -0.05) is 20.8 Å². The molecule has 18 heavy (non-hydrogen) atoms. The van der Waals surface area contributed by atoms with Crippen LogP contribution in [-0.2, 0) is 4.79 Å². The summed E-state index contributed by atoms with van der Waals surface area (Å²) in [6, 6.07) is 0. The molecule has 4 heteroatoms. The highest BCUT2D eigenvalue weighted by atomic mass is 32.2. The smallest absolute Gasteiger partial charge is 0.219 e. The average molecular weight is 272 g/mol. The quantitative estimate of drug-likeness (QED) is 0.788. The lowest BCUT2D eigenvalue weighted by Gasteiger charge is -2.47. The third-order valence-corrected chi connectivity index (χ3v) is 4.67. The molecule has 1 fully saturated rings. The molecule has 0 radical (unpaired) electrons. The molecule has 0 bridgehead atoms. The number of thioether (sulfide) groups is 1. The van der Waals surface area contributed by atoms with Gasteiger partial charge in [-0.25, -0.2) is 0 Å². The Hall–Kier alpha value is -0.220. The van der Waals surface area contributed by atoms with Crippen LogP contribution < -0.4 is 0 Å². The SMILES string of the molecule is CC(=O)N1CCN(CCSC(C)(C)C)C(C)(C)C1. The summed E-state index contributed by atoms with van der Waals surface area (Å²) in [4.78, 5) is 15.9. The largest absolute Gasteiger partial charge is 0.340 e. The van der Waals surface area contributed by atoms with E-state index in [9.17, 15) is 4.79 Å². The summed E-state index contributed by atoms with van der Waals surface area (Å²) >= 11 is 2.01. The third-order valence-electron chi connectivity index (χ3n) is 3.42. The average Bonchev–Trinajstić information content (AvgIpc) is 2.17. The first-order chi connectivity index (χ1) is 8.12. The van der Waals surface area contributed by atoms with Crippen molar-refractivity contribution < 1.29 is 4.79 Å². The number of piperazine rings is 1. The van der Waals surface area contributed by atoms with Crippen molar-refractivity contribution in [3.63, 3.8) is 0 Å². The Labute approximate surface area is 116 Å². The van der Waals surface area contributed by atoms with E-state index >= 15 is 0 Å². The zero-order valence-corrected chi connectivity index (χ0v) is 13.6. The monoisotopic (exact) mass is 272 g/mol. The highest BCUT2D eigenvalue weighted by molar-refractivity contribution is 8.00. The van der Waals surface area contributed by atoms with Crippen LogP contribution in [-0.4, -0.2) is 57.9 Å². The molecule has 0 atom stereocenters. The summed E-state index contributed by atoms with van der Waals surface area (Å²) in [5.41, 5.74) is 0.0996. The van der Waals surface area contributed by atoms with E-state index in [0.29, 0.717) is 4.75 Å². The van der Waals surface area contributed by atoms with Crippen LogP contribution in [0.3, 0.4) is 0 Å². The fourth-order valence-corrected chi connectivity index (χ4v) is 3.26. The number of nitrogens with zero attached hydrogens (tertiary/aromatic N) is 2. The fraction of sp³-hybridized carbons (Fsp3) is 0.929. The van der Waals surface area contributed by atoms with Crippen LogP contribution in [0.15, 0.2) is 0 Å². The summed E-state index contributed by atoms with van der Waals surface area (Å²) in [5, 5.41) is 0. The van der Waals surface area contributed by atoms with Gasteiger partial charge in [-0.3, -0.25) is 9.69 Å². The van der Waals surface area contributed by atoms with E-state index in [1.165, 1.54) is 0 Å². The zero-order chi connectivity index (χ0) is 14.0. The molecule has 0 aliphatic carbocycles. The third kappa shape index (κ3) is 4.81. The van der Waals surface area contributed by atoms with Gasteiger partial charge in [-0.05, 0) is 13.8 Å². The molecule has 1 heterocycles. The summed E-state index contributed by atoms with van der Waals surface area (Å²) in [7, 11) is 0. The van der Waals surface area contributed by atoms with E-state index in [4.69, 9.17) is 0 Å². The number of carbonyl (C=O) groups is 1. The first-order valence-corrected chi connectivity index (χ1v) is 7.75. The lowest BCUT2D eigenvalue weighted by atomic mass is 9.99. The van der Waals surface area contributed by atoms with E-state index in [1.54, 1.807) is 6.92 Å². The molecular formula is C14H28N2OS. The second-order valence-electron chi connectivity index (χ2n) is 6.70. The standard InChI is InChI=1S/C14H28N2OS/c1-12(17)15-7-8-16(14(5,6)11-15)9-10-18-13(2,3)4/h7-11H2,1-6H3. The van der Waals surface area contributed by atoms with Crippen LogP contribution >= 0.6 is 11.8 Å². The normalized spacial score (nSPS) is 21.1. The molecule has 1 rings (SSSR count). The molecule has 0 aromatic rings. The lowest BCUT2D eigenvalue weighted by Crippen LogP contribution is -2.60. The van der Waals surface area contributed by atoms with Gasteiger partial charge in [-0.15, -0.1) is 0 Å². The molecule has 0 aromatic carbocycles. The molecule has 1 aliphatic heterocycles. The predicted octanol–water partition coefficient (Wildman–Crippen LogP) is 2.46. The molecule has 0 N–H and O–H groups in total. The molecule has 1 saturated heterocycles. The van der Waals surface area contributed by atoms with Gasteiger partial charge in [0.05, 0.1) is 0 Å². The fourth-order valence-electron chi connectivity index (χ4n) is 2.34. The topological polar surface area (TPSA) is 23.6 Å². The first kappa shape index (κ1) is 15.8. The second-order valence-corrected chi connectivity index (χ2v) is 8.62. The minimum absolute atomic E-state index is 0.0996. The highest BCUT2D eigenvalue weighted by Crippen LogP contribution is 2.26. The molecule has 106 valence electrons. The van der Waals surface area contributed by atoms with Crippen molar-refractivity contribution in [2.75, 3.05) is 31.9 Å². The Bertz CT molecular complexity index is 297. The van der Waals surface area contributed by atoms with Gasteiger partial charge >= 0.3 is 0 Å². The molecule has 3 nitrogen and oxygen atoms in total. The van der Waals surface area contributed by atoms with E-state index in [2.05, 4.69) is 39.5 Å². The van der Waals surface area contributed by atoms with Crippen molar-refractivity contribution in [1.29, 1.82) is 0 Å².